The molecule has 34 heavy (non-hydrogen) atoms. The van der Waals surface area contributed by atoms with E-state index in [0.29, 0.717) is 23.8 Å². The number of anilines is 1. The van der Waals surface area contributed by atoms with Crippen molar-refractivity contribution in [1.29, 1.82) is 0 Å². The van der Waals surface area contributed by atoms with E-state index in [4.69, 9.17) is 9.47 Å². The Morgan fingerprint density at radius 3 is 2.44 bits per heavy atom. The second-order valence-corrected chi connectivity index (χ2v) is 9.55. The Bertz CT molecular complexity index is 844. The third-order valence-corrected chi connectivity index (χ3v) is 7.26. The van der Waals surface area contributed by atoms with Crippen molar-refractivity contribution >= 4 is 23.5 Å². The lowest BCUT2D eigenvalue weighted by molar-refractivity contribution is -0.123. The Kier molecular flexibility index (Phi) is 8.69. The molecular formula is C26H37N3O5. The summed E-state index contributed by atoms with van der Waals surface area (Å²) in [5.74, 6) is -0.0433. The van der Waals surface area contributed by atoms with Gasteiger partial charge in [-0.2, -0.15) is 0 Å². The average Bonchev–Trinajstić information content (AvgIpc) is 3.17. The summed E-state index contributed by atoms with van der Waals surface area (Å²) in [6.07, 6.45) is 5.32. The van der Waals surface area contributed by atoms with Crippen molar-refractivity contribution in [2.75, 3.05) is 57.4 Å². The van der Waals surface area contributed by atoms with Crippen molar-refractivity contribution in [2.24, 2.45) is 5.92 Å². The van der Waals surface area contributed by atoms with Crippen LogP contribution in [0.3, 0.4) is 0 Å². The van der Waals surface area contributed by atoms with Gasteiger partial charge in [-0.1, -0.05) is 13.3 Å². The Hall–Kier alpha value is -2.29. The number of benzene rings is 1. The largest absolute Gasteiger partial charge is 0.462 e. The molecule has 1 aromatic carbocycles. The molecule has 4 rings (SSSR count). The van der Waals surface area contributed by atoms with E-state index in [-0.39, 0.29) is 30.2 Å². The molecule has 0 aromatic heterocycles. The molecule has 186 valence electrons. The van der Waals surface area contributed by atoms with Gasteiger partial charge in [0.2, 0.25) is 5.91 Å². The molecule has 1 atom stereocenters. The summed E-state index contributed by atoms with van der Waals surface area (Å²) in [6, 6.07) is 6.18. The Balaban J connectivity index is 1.27. The molecule has 3 saturated heterocycles. The van der Waals surface area contributed by atoms with Gasteiger partial charge in [-0.15, -0.1) is 0 Å². The molecule has 3 heterocycles. The van der Waals surface area contributed by atoms with Gasteiger partial charge < -0.3 is 9.47 Å². The fraction of sp³-hybridized carbons (Fsp3) is 0.654. The van der Waals surface area contributed by atoms with Crippen LogP contribution < -0.4 is 4.90 Å². The maximum atomic E-state index is 13.2. The lowest BCUT2D eigenvalue weighted by Gasteiger charge is -2.36. The standard InChI is InChI=1S/C26H37N3O5/c1-2-3-16-34-26(32)21-4-6-22(7-5-21)29-24(30)19-23(25(29)31)28-12-9-20(10-13-28)8-11-27-14-17-33-18-15-27/h4-7,20,23H,2-3,8-19H2,1H3. The van der Waals surface area contributed by atoms with Crippen LogP contribution in [-0.2, 0) is 19.1 Å². The molecule has 3 aliphatic heterocycles. The van der Waals surface area contributed by atoms with Gasteiger partial charge in [-0.05, 0) is 75.5 Å². The molecule has 0 saturated carbocycles. The highest BCUT2D eigenvalue weighted by Crippen LogP contribution is 2.30. The van der Waals surface area contributed by atoms with Crippen LogP contribution in [0.25, 0.3) is 0 Å². The van der Waals surface area contributed by atoms with Gasteiger partial charge in [0.05, 0.1) is 43.5 Å². The predicted octanol–water partition coefficient (Wildman–Crippen LogP) is 2.71. The molecule has 0 radical (unpaired) electrons. The van der Waals surface area contributed by atoms with Crippen LogP contribution in [0.15, 0.2) is 24.3 Å². The maximum absolute atomic E-state index is 13.2. The molecular weight excluding hydrogens is 434 g/mol. The zero-order valence-electron chi connectivity index (χ0n) is 20.2. The van der Waals surface area contributed by atoms with Crippen LogP contribution in [0.4, 0.5) is 5.69 Å². The van der Waals surface area contributed by atoms with Gasteiger partial charge in [-0.25, -0.2) is 9.69 Å². The minimum Gasteiger partial charge on any atom is -0.462 e. The molecule has 3 fully saturated rings. The van der Waals surface area contributed by atoms with E-state index >= 15 is 0 Å². The third kappa shape index (κ3) is 6.03. The number of unbranched alkanes of at least 4 members (excludes halogenated alkanes) is 1. The first-order chi connectivity index (χ1) is 16.6. The van der Waals surface area contributed by atoms with Gasteiger partial charge in [0.25, 0.3) is 5.91 Å². The van der Waals surface area contributed by atoms with Gasteiger partial charge in [0.15, 0.2) is 0 Å². The van der Waals surface area contributed by atoms with Crippen molar-refractivity contribution in [2.45, 2.75) is 51.5 Å². The van der Waals surface area contributed by atoms with Crippen molar-refractivity contribution < 1.29 is 23.9 Å². The zero-order chi connectivity index (χ0) is 23.9. The quantitative estimate of drug-likeness (QED) is 0.311. The Morgan fingerprint density at radius 1 is 1.06 bits per heavy atom. The summed E-state index contributed by atoms with van der Waals surface area (Å²) >= 11 is 0. The topological polar surface area (TPSA) is 79.4 Å². The van der Waals surface area contributed by atoms with Crippen LogP contribution in [0, 0.1) is 5.92 Å². The van der Waals surface area contributed by atoms with Crippen LogP contribution >= 0.6 is 0 Å². The second-order valence-electron chi connectivity index (χ2n) is 9.55. The maximum Gasteiger partial charge on any atom is 0.338 e. The number of likely N-dealkylation sites (tertiary alicyclic amines) is 1. The molecule has 2 amide bonds. The van der Waals surface area contributed by atoms with Gasteiger partial charge in [0, 0.05) is 13.1 Å². The number of morpholine rings is 1. The van der Waals surface area contributed by atoms with E-state index in [1.165, 1.54) is 11.3 Å². The first-order valence-electron chi connectivity index (χ1n) is 12.7. The average molecular weight is 472 g/mol. The van der Waals surface area contributed by atoms with E-state index in [0.717, 1.165) is 71.6 Å². The number of hydrogen-bond acceptors (Lipinski definition) is 7. The fourth-order valence-corrected chi connectivity index (χ4v) is 5.05. The van der Waals surface area contributed by atoms with Gasteiger partial charge in [-0.3, -0.25) is 19.4 Å². The predicted molar refractivity (Wildman–Crippen MR) is 129 cm³/mol. The summed E-state index contributed by atoms with van der Waals surface area (Å²) in [7, 11) is 0. The summed E-state index contributed by atoms with van der Waals surface area (Å²) in [5, 5.41) is 0. The molecule has 8 nitrogen and oxygen atoms in total. The highest BCUT2D eigenvalue weighted by atomic mass is 16.5. The number of nitrogens with zero attached hydrogens (tertiary/aromatic N) is 3. The highest BCUT2D eigenvalue weighted by molar-refractivity contribution is 6.22. The van der Waals surface area contributed by atoms with E-state index in [2.05, 4.69) is 9.80 Å². The zero-order valence-corrected chi connectivity index (χ0v) is 20.2. The van der Waals surface area contributed by atoms with Crippen molar-refractivity contribution in [3.63, 3.8) is 0 Å². The molecule has 0 spiro atoms. The number of hydrogen-bond donors (Lipinski definition) is 0. The van der Waals surface area contributed by atoms with E-state index in [9.17, 15) is 14.4 Å². The summed E-state index contributed by atoms with van der Waals surface area (Å²) < 4.78 is 10.7. The minimum atomic E-state index is -0.383. The molecule has 0 aliphatic carbocycles. The molecule has 0 N–H and O–H groups in total. The molecule has 1 aromatic rings. The molecule has 8 heteroatoms. The smallest absolute Gasteiger partial charge is 0.338 e. The summed E-state index contributed by atoms with van der Waals surface area (Å²) in [4.78, 5) is 44.0. The third-order valence-electron chi connectivity index (χ3n) is 7.26. The first-order valence-corrected chi connectivity index (χ1v) is 12.7. The van der Waals surface area contributed by atoms with Crippen LogP contribution in [0.1, 0.15) is 55.8 Å². The first kappa shape index (κ1) is 24.8. The van der Waals surface area contributed by atoms with Gasteiger partial charge in [0.1, 0.15) is 0 Å². The number of amides is 2. The fourth-order valence-electron chi connectivity index (χ4n) is 5.05. The number of carbonyl (C=O) groups excluding carboxylic acids is 3. The van der Waals surface area contributed by atoms with Crippen molar-refractivity contribution in [3.8, 4) is 0 Å². The lowest BCUT2D eigenvalue weighted by atomic mass is 9.92. The number of ether oxygens (including phenoxy) is 2. The molecule has 1 unspecified atom stereocenters. The van der Waals surface area contributed by atoms with Crippen LogP contribution in [-0.4, -0.2) is 86.2 Å². The van der Waals surface area contributed by atoms with Crippen molar-refractivity contribution in [1.82, 2.24) is 9.80 Å². The highest BCUT2D eigenvalue weighted by Gasteiger charge is 2.43. The van der Waals surface area contributed by atoms with E-state index in [1.54, 1.807) is 24.3 Å². The number of rotatable bonds is 9. The minimum absolute atomic E-state index is 0.157. The summed E-state index contributed by atoms with van der Waals surface area (Å²) in [6.45, 7) is 8.97. The van der Waals surface area contributed by atoms with Gasteiger partial charge >= 0.3 is 5.97 Å². The SMILES string of the molecule is CCCCOC(=O)c1ccc(N2C(=O)CC(N3CCC(CCN4CCOCC4)CC3)C2=O)cc1. The lowest BCUT2D eigenvalue weighted by Crippen LogP contribution is -2.46. The molecule has 3 aliphatic rings. The summed E-state index contributed by atoms with van der Waals surface area (Å²) in [5.41, 5.74) is 0.942. The monoisotopic (exact) mass is 471 g/mol. The molecule has 0 bridgehead atoms. The van der Waals surface area contributed by atoms with Crippen molar-refractivity contribution in [3.05, 3.63) is 29.8 Å². The number of imide groups is 1. The number of esters is 1. The van der Waals surface area contributed by atoms with Crippen LogP contribution in [0.2, 0.25) is 0 Å². The number of piperidine rings is 1. The Morgan fingerprint density at radius 2 is 1.76 bits per heavy atom. The number of carbonyl (C=O) groups is 3. The second kappa shape index (κ2) is 11.9. The normalized spacial score (nSPS) is 23.0. The van der Waals surface area contributed by atoms with E-state index < -0.39 is 0 Å². The van der Waals surface area contributed by atoms with Crippen LogP contribution in [0.5, 0.6) is 0 Å². The Labute approximate surface area is 202 Å². The van der Waals surface area contributed by atoms with E-state index in [1.807, 2.05) is 6.92 Å².